The summed E-state index contributed by atoms with van der Waals surface area (Å²) in [5.41, 5.74) is 3.77. The third-order valence-electron chi connectivity index (χ3n) is 3.17. The Bertz CT molecular complexity index is 598. The van der Waals surface area contributed by atoms with Gasteiger partial charge in [-0.3, -0.25) is 4.99 Å². The molecule has 0 saturated carbocycles. The summed E-state index contributed by atoms with van der Waals surface area (Å²) in [6.45, 7) is 4.00. The Labute approximate surface area is 108 Å². The highest BCUT2D eigenvalue weighted by Gasteiger charge is 2.13. The standard InChI is InChI=1S/C13H14BrN3/c1-8-10(7-13-15-4-5-16-13)11-6-9(14)2-3-12(11)17-8/h2-3,6,17H,4-5,7H2,1H3,(H,15,16). The molecule has 2 N–H and O–H groups in total. The molecule has 2 aromatic rings. The van der Waals surface area contributed by atoms with E-state index in [4.69, 9.17) is 0 Å². The predicted molar refractivity (Wildman–Crippen MR) is 74.7 cm³/mol. The first kappa shape index (κ1) is 10.8. The number of aryl methyl sites for hydroxylation is 1. The van der Waals surface area contributed by atoms with Crippen LogP contribution < -0.4 is 5.32 Å². The van der Waals surface area contributed by atoms with E-state index in [-0.39, 0.29) is 0 Å². The van der Waals surface area contributed by atoms with Gasteiger partial charge in [0.05, 0.1) is 6.54 Å². The lowest BCUT2D eigenvalue weighted by Gasteiger charge is -2.03. The molecule has 2 heterocycles. The molecule has 88 valence electrons. The maximum absolute atomic E-state index is 4.46. The Morgan fingerprint density at radius 3 is 3.06 bits per heavy atom. The number of H-pyrrole nitrogens is 1. The van der Waals surface area contributed by atoms with Gasteiger partial charge in [0.1, 0.15) is 5.84 Å². The zero-order valence-corrected chi connectivity index (χ0v) is 11.3. The minimum atomic E-state index is 0.891. The number of rotatable bonds is 2. The molecule has 17 heavy (non-hydrogen) atoms. The molecule has 0 saturated heterocycles. The fourth-order valence-corrected chi connectivity index (χ4v) is 2.68. The summed E-state index contributed by atoms with van der Waals surface area (Å²) >= 11 is 3.53. The largest absolute Gasteiger partial charge is 0.372 e. The van der Waals surface area contributed by atoms with Gasteiger partial charge in [0.15, 0.2) is 0 Å². The van der Waals surface area contributed by atoms with Crippen molar-refractivity contribution < 1.29 is 0 Å². The fourth-order valence-electron chi connectivity index (χ4n) is 2.32. The number of nitrogens with one attached hydrogen (secondary N) is 2. The number of aromatic nitrogens is 1. The number of amidine groups is 1. The Morgan fingerprint density at radius 2 is 2.29 bits per heavy atom. The molecule has 0 fully saturated rings. The molecule has 0 unspecified atom stereocenters. The van der Waals surface area contributed by atoms with Crippen LogP contribution in [0.4, 0.5) is 0 Å². The van der Waals surface area contributed by atoms with E-state index in [9.17, 15) is 0 Å². The van der Waals surface area contributed by atoms with Crippen LogP contribution in [0.5, 0.6) is 0 Å². The first-order valence-corrected chi connectivity index (χ1v) is 6.57. The van der Waals surface area contributed by atoms with Crippen molar-refractivity contribution in [3.05, 3.63) is 33.9 Å². The minimum Gasteiger partial charge on any atom is -0.372 e. The lowest BCUT2D eigenvalue weighted by atomic mass is 10.1. The van der Waals surface area contributed by atoms with Crippen molar-refractivity contribution in [2.45, 2.75) is 13.3 Å². The molecule has 4 heteroatoms. The Hall–Kier alpha value is -1.29. The van der Waals surface area contributed by atoms with Gasteiger partial charge >= 0.3 is 0 Å². The molecular formula is C13H14BrN3. The predicted octanol–water partition coefficient (Wildman–Crippen LogP) is 2.78. The van der Waals surface area contributed by atoms with Gasteiger partial charge in [0.25, 0.3) is 0 Å². The van der Waals surface area contributed by atoms with Crippen molar-refractivity contribution in [2.24, 2.45) is 4.99 Å². The molecule has 0 radical (unpaired) electrons. The van der Waals surface area contributed by atoms with Crippen molar-refractivity contribution in [3.63, 3.8) is 0 Å². The van der Waals surface area contributed by atoms with Crippen molar-refractivity contribution in [1.29, 1.82) is 0 Å². The molecule has 3 rings (SSSR count). The summed E-state index contributed by atoms with van der Waals surface area (Å²) < 4.78 is 1.12. The number of nitrogens with zero attached hydrogens (tertiary/aromatic N) is 1. The molecule has 0 amide bonds. The zero-order chi connectivity index (χ0) is 11.8. The van der Waals surface area contributed by atoms with Crippen LogP contribution in [-0.2, 0) is 6.42 Å². The van der Waals surface area contributed by atoms with Crippen LogP contribution >= 0.6 is 15.9 Å². The number of benzene rings is 1. The van der Waals surface area contributed by atoms with Gasteiger partial charge in [-0.05, 0) is 30.7 Å². The lowest BCUT2D eigenvalue weighted by Crippen LogP contribution is -2.20. The summed E-state index contributed by atoms with van der Waals surface area (Å²) in [5, 5.41) is 4.61. The summed E-state index contributed by atoms with van der Waals surface area (Å²) in [5.74, 6) is 1.11. The zero-order valence-electron chi connectivity index (χ0n) is 9.68. The van der Waals surface area contributed by atoms with E-state index in [1.165, 1.54) is 22.2 Å². The fraction of sp³-hybridized carbons (Fsp3) is 0.308. The molecule has 0 bridgehead atoms. The summed E-state index contributed by atoms with van der Waals surface area (Å²) in [7, 11) is 0. The van der Waals surface area contributed by atoms with E-state index in [1.54, 1.807) is 0 Å². The lowest BCUT2D eigenvalue weighted by molar-refractivity contribution is 0.953. The van der Waals surface area contributed by atoms with E-state index in [0.29, 0.717) is 0 Å². The van der Waals surface area contributed by atoms with Crippen LogP contribution in [-0.4, -0.2) is 23.9 Å². The second-order valence-electron chi connectivity index (χ2n) is 4.35. The first-order valence-electron chi connectivity index (χ1n) is 5.78. The number of hydrogen-bond acceptors (Lipinski definition) is 2. The number of aliphatic imine (C=N–C) groups is 1. The van der Waals surface area contributed by atoms with E-state index in [2.05, 4.69) is 56.3 Å². The van der Waals surface area contributed by atoms with Gasteiger partial charge in [-0.2, -0.15) is 0 Å². The molecule has 1 aliphatic rings. The van der Waals surface area contributed by atoms with Crippen LogP contribution in [0.3, 0.4) is 0 Å². The van der Waals surface area contributed by atoms with Crippen molar-refractivity contribution in [1.82, 2.24) is 10.3 Å². The molecule has 0 atom stereocenters. The van der Waals surface area contributed by atoms with Crippen molar-refractivity contribution in [2.75, 3.05) is 13.1 Å². The average Bonchev–Trinajstić information content (AvgIpc) is 2.90. The molecule has 0 aliphatic carbocycles. The van der Waals surface area contributed by atoms with Crippen LogP contribution in [0.15, 0.2) is 27.7 Å². The molecule has 3 nitrogen and oxygen atoms in total. The highest BCUT2D eigenvalue weighted by Crippen LogP contribution is 2.26. The molecular weight excluding hydrogens is 278 g/mol. The monoisotopic (exact) mass is 291 g/mol. The van der Waals surface area contributed by atoms with Gasteiger partial charge in [0.2, 0.25) is 0 Å². The van der Waals surface area contributed by atoms with Crippen LogP contribution in [0.25, 0.3) is 10.9 Å². The Morgan fingerprint density at radius 1 is 1.41 bits per heavy atom. The van der Waals surface area contributed by atoms with E-state index in [0.717, 1.165) is 29.8 Å². The number of hydrogen-bond donors (Lipinski definition) is 2. The topological polar surface area (TPSA) is 40.2 Å². The van der Waals surface area contributed by atoms with E-state index in [1.807, 2.05) is 0 Å². The highest BCUT2D eigenvalue weighted by atomic mass is 79.9. The molecule has 1 aromatic heterocycles. The molecule has 1 aromatic carbocycles. The quantitative estimate of drug-likeness (QED) is 0.878. The summed E-state index contributed by atoms with van der Waals surface area (Å²) in [4.78, 5) is 7.89. The average molecular weight is 292 g/mol. The second kappa shape index (κ2) is 4.18. The van der Waals surface area contributed by atoms with Gasteiger partial charge in [0, 0.05) is 34.0 Å². The highest BCUT2D eigenvalue weighted by molar-refractivity contribution is 9.10. The third-order valence-corrected chi connectivity index (χ3v) is 3.66. The number of aromatic amines is 1. The number of fused-ring (bicyclic) bond motifs is 1. The molecule has 1 aliphatic heterocycles. The summed E-state index contributed by atoms with van der Waals surface area (Å²) in [6, 6.07) is 6.34. The number of halogens is 1. The third kappa shape index (κ3) is 1.97. The normalized spacial score (nSPS) is 15.1. The molecule has 0 spiro atoms. The minimum absolute atomic E-state index is 0.891. The van der Waals surface area contributed by atoms with Gasteiger partial charge in [-0.1, -0.05) is 15.9 Å². The maximum Gasteiger partial charge on any atom is 0.101 e. The van der Waals surface area contributed by atoms with E-state index >= 15 is 0 Å². The van der Waals surface area contributed by atoms with E-state index < -0.39 is 0 Å². The smallest absolute Gasteiger partial charge is 0.101 e. The van der Waals surface area contributed by atoms with Crippen LogP contribution in [0.1, 0.15) is 11.3 Å². The van der Waals surface area contributed by atoms with Gasteiger partial charge in [-0.25, -0.2) is 0 Å². The van der Waals surface area contributed by atoms with Crippen molar-refractivity contribution >= 4 is 32.7 Å². The van der Waals surface area contributed by atoms with Crippen LogP contribution in [0.2, 0.25) is 0 Å². The summed E-state index contributed by atoms with van der Waals surface area (Å²) in [6.07, 6.45) is 0.891. The van der Waals surface area contributed by atoms with Crippen molar-refractivity contribution in [3.8, 4) is 0 Å². The SMILES string of the molecule is Cc1[nH]c2ccc(Br)cc2c1CC1=NCCN1. The Balaban J connectivity index is 2.07. The Kier molecular flexibility index (Phi) is 2.67. The first-order chi connectivity index (χ1) is 8.24. The van der Waals surface area contributed by atoms with Gasteiger partial charge in [-0.15, -0.1) is 0 Å². The van der Waals surface area contributed by atoms with Crippen LogP contribution in [0, 0.1) is 6.92 Å². The second-order valence-corrected chi connectivity index (χ2v) is 5.27. The van der Waals surface area contributed by atoms with Gasteiger partial charge < -0.3 is 10.3 Å². The maximum atomic E-state index is 4.46.